The van der Waals surface area contributed by atoms with Gasteiger partial charge in [0, 0.05) is 46.5 Å². The lowest BCUT2D eigenvalue weighted by Crippen LogP contribution is -2.37. The van der Waals surface area contributed by atoms with E-state index in [2.05, 4.69) is 14.8 Å². The first-order valence-electron chi connectivity index (χ1n) is 12.7. The second kappa shape index (κ2) is 10.9. The number of rotatable bonds is 9. The molecule has 1 aliphatic carbocycles. The Morgan fingerprint density at radius 2 is 1.90 bits per heavy atom. The van der Waals surface area contributed by atoms with Gasteiger partial charge in [-0.3, -0.25) is 0 Å². The molecule has 2 fully saturated rings. The van der Waals surface area contributed by atoms with Crippen LogP contribution in [0.1, 0.15) is 52.6 Å². The molecular weight excluding hydrogens is 567 g/mol. The fourth-order valence-electron chi connectivity index (χ4n) is 4.76. The van der Waals surface area contributed by atoms with E-state index < -0.39 is 12.3 Å². The van der Waals surface area contributed by atoms with E-state index in [0.717, 1.165) is 55.2 Å². The molecule has 0 radical (unpaired) electrons. The molecule has 40 heavy (non-hydrogen) atoms. The number of aromatic nitrogens is 2. The number of thiophene rings is 1. The highest BCUT2D eigenvalue weighted by Gasteiger charge is 2.36. The number of thiazole rings is 1. The Balaban J connectivity index is 1.11. The number of anilines is 1. The quantitative estimate of drug-likeness (QED) is 0.219. The first-order valence-corrected chi connectivity index (χ1v) is 14.5. The van der Waals surface area contributed by atoms with Crippen LogP contribution in [-0.4, -0.2) is 46.8 Å². The van der Waals surface area contributed by atoms with Crippen LogP contribution in [0.25, 0.3) is 22.5 Å². The Bertz CT molecular complexity index is 1500. The van der Waals surface area contributed by atoms with Gasteiger partial charge in [-0.2, -0.15) is 0 Å². The number of piperidine rings is 1. The molecule has 0 unspecified atom stereocenters. The Hall–Kier alpha value is -3.42. The second-order valence-electron chi connectivity index (χ2n) is 9.71. The smallest absolute Gasteiger partial charge is 0.477 e. The molecular formula is C27H24F3N3O5S2. The molecule has 1 aliphatic heterocycles. The van der Waals surface area contributed by atoms with Gasteiger partial charge in [-0.15, -0.1) is 35.8 Å². The van der Waals surface area contributed by atoms with Gasteiger partial charge in [0.05, 0.1) is 18.4 Å². The maximum absolute atomic E-state index is 13.0. The summed E-state index contributed by atoms with van der Waals surface area (Å²) in [4.78, 5) is 18.4. The predicted octanol–water partition coefficient (Wildman–Crippen LogP) is 7.19. The number of halogens is 3. The van der Waals surface area contributed by atoms with Crippen LogP contribution in [0.2, 0.25) is 0 Å². The van der Waals surface area contributed by atoms with Crippen LogP contribution in [0.5, 0.6) is 5.75 Å². The summed E-state index contributed by atoms with van der Waals surface area (Å²) in [6, 6.07) is 7.56. The minimum absolute atomic E-state index is 0.0397. The summed E-state index contributed by atoms with van der Waals surface area (Å²) in [7, 11) is 0. The number of para-hydroxylation sites is 1. The van der Waals surface area contributed by atoms with Gasteiger partial charge in [-0.25, -0.2) is 9.78 Å². The molecule has 4 aromatic rings. The Labute approximate surface area is 235 Å². The molecule has 0 amide bonds. The van der Waals surface area contributed by atoms with Crippen molar-refractivity contribution in [3.05, 3.63) is 57.3 Å². The van der Waals surface area contributed by atoms with E-state index in [9.17, 15) is 23.1 Å². The third-order valence-corrected chi connectivity index (χ3v) is 8.73. The molecule has 3 aromatic heterocycles. The largest absolute Gasteiger partial charge is 0.573 e. The minimum atomic E-state index is -4.83. The third-order valence-electron chi connectivity index (χ3n) is 6.91. The topological polar surface area (TPSA) is 97.9 Å². The summed E-state index contributed by atoms with van der Waals surface area (Å²) in [5.41, 5.74) is 2.74. The van der Waals surface area contributed by atoms with Gasteiger partial charge in [-0.1, -0.05) is 17.3 Å². The maximum atomic E-state index is 13.0. The lowest BCUT2D eigenvalue weighted by Gasteiger charge is -2.31. The van der Waals surface area contributed by atoms with Gasteiger partial charge >= 0.3 is 12.3 Å². The number of benzene rings is 1. The summed E-state index contributed by atoms with van der Waals surface area (Å²) in [6.45, 7) is 1.65. The molecule has 1 N–H and O–H groups in total. The van der Waals surface area contributed by atoms with E-state index in [1.54, 1.807) is 23.6 Å². The van der Waals surface area contributed by atoms with Crippen LogP contribution >= 0.6 is 22.7 Å². The Morgan fingerprint density at radius 3 is 2.60 bits per heavy atom. The Morgan fingerprint density at radius 1 is 1.12 bits per heavy atom. The summed E-state index contributed by atoms with van der Waals surface area (Å²) >= 11 is 2.69. The van der Waals surface area contributed by atoms with E-state index in [4.69, 9.17) is 14.2 Å². The molecule has 2 aliphatic rings. The zero-order valence-electron chi connectivity index (χ0n) is 21.0. The molecule has 8 nitrogen and oxygen atoms in total. The SMILES string of the molecule is O=C(O)c1cc(-c2csc(N3CCC(OCc4c(-c5ccccc5OC(F)(F)F)noc4C4CC4)CC3)n2)cs1. The third kappa shape index (κ3) is 5.86. The number of carbonyl (C=O) groups is 1. The predicted molar refractivity (Wildman–Crippen MR) is 143 cm³/mol. The zero-order chi connectivity index (χ0) is 27.9. The number of nitrogens with zero attached hydrogens (tertiary/aromatic N) is 3. The first-order chi connectivity index (χ1) is 19.2. The van der Waals surface area contributed by atoms with Crippen molar-refractivity contribution in [2.24, 2.45) is 0 Å². The molecule has 6 rings (SSSR count). The highest BCUT2D eigenvalue weighted by Crippen LogP contribution is 2.46. The average Bonchev–Trinajstić information content (AvgIpc) is 3.31. The number of hydrogen-bond donors (Lipinski definition) is 1. The van der Waals surface area contributed by atoms with Crippen molar-refractivity contribution in [2.75, 3.05) is 18.0 Å². The van der Waals surface area contributed by atoms with Gasteiger partial charge in [0.1, 0.15) is 22.1 Å². The van der Waals surface area contributed by atoms with Crippen molar-refractivity contribution in [1.29, 1.82) is 0 Å². The number of aromatic carboxylic acids is 1. The summed E-state index contributed by atoms with van der Waals surface area (Å²) < 4.78 is 55.2. The van der Waals surface area contributed by atoms with Crippen molar-refractivity contribution < 1.29 is 37.1 Å². The van der Waals surface area contributed by atoms with E-state index >= 15 is 0 Å². The van der Waals surface area contributed by atoms with Crippen LogP contribution in [0.3, 0.4) is 0 Å². The Kier molecular flexibility index (Phi) is 7.27. The first kappa shape index (κ1) is 26.8. The zero-order valence-corrected chi connectivity index (χ0v) is 22.7. The molecule has 1 saturated heterocycles. The van der Waals surface area contributed by atoms with Crippen molar-refractivity contribution in [3.63, 3.8) is 0 Å². The number of alkyl halides is 3. The van der Waals surface area contributed by atoms with Crippen molar-refractivity contribution >= 4 is 33.8 Å². The lowest BCUT2D eigenvalue weighted by molar-refractivity contribution is -0.274. The van der Waals surface area contributed by atoms with Crippen LogP contribution in [0.15, 0.2) is 45.6 Å². The second-order valence-corrected chi connectivity index (χ2v) is 11.5. The highest BCUT2D eigenvalue weighted by atomic mass is 32.1. The molecule has 13 heteroatoms. The van der Waals surface area contributed by atoms with Crippen molar-refractivity contribution in [2.45, 2.75) is 50.7 Å². The molecule has 4 heterocycles. The van der Waals surface area contributed by atoms with Crippen molar-refractivity contribution in [1.82, 2.24) is 10.1 Å². The molecule has 0 spiro atoms. The summed E-state index contributed by atoms with van der Waals surface area (Å²) in [5.74, 6) is -0.407. The molecule has 0 atom stereocenters. The number of carboxylic acids is 1. The van der Waals surface area contributed by atoms with E-state index in [0.29, 0.717) is 17.0 Å². The molecule has 0 bridgehead atoms. The normalized spacial score (nSPS) is 16.4. The molecule has 1 saturated carbocycles. The fraction of sp³-hybridized carbons (Fsp3) is 0.370. The number of hydrogen-bond acceptors (Lipinski definition) is 9. The van der Waals surface area contributed by atoms with Crippen LogP contribution < -0.4 is 9.64 Å². The summed E-state index contributed by atoms with van der Waals surface area (Å²) in [6.07, 6.45) is -1.47. The van der Waals surface area contributed by atoms with Gasteiger partial charge in [0.25, 0.3) is 0 Å². The van der Waals surface area contributed by atoms with Gasteiger partial charge < -0.3 is 24.0 Å². The standard InChI is InChI=1S/C27H24F3N3O5S2/c28-27(29,30)37-21-4-2-1-3-18(21)23-19(24(38-32-23)15-5-6-15)12-36-17-7-9-33(10-8-17)26-31-20(14-40-26)16-11-22(25(34)35)39-13-16/h1-4,11,13-15,17H,5-10,12H2,(H,34,35). The van der Waals surface area contributed by atoms with E-state index in [1.165, 1.54) is 34.8 Å². The average molecular weight is 592 g/mol. The number of carboxylic acid groups (broad SMARTS) is 1. The van der Waals surface area contributed by atoms with Crippen LogP contribution in [-0.2, 0) is 11.3 Å². The van der Waals surface area contributed by atoms with E-state index in [-0.39, 0.29) is 34.8 Å². The van der Waals surface area contributed by atoms with Gasteiger partial charge in [0.15, 0.2) is 5.13 Å². The molecule has 1 aromatic carbocycles. The minimum Gasteiger partial charge on any atom is -0.477 e. The summed E-state index contributed by atoms with van der Waals surface area (Å²) in [5, 5.41) is 17.9. The van der Waals surface area contributed by atoms with E-state index in [1.807, 2.05) is 5.38 Å². The maximum Gasteiger partial charge on any atom is 0.573 e. The van der Waals surface area contributed by atoms with Crippen LogP contribution in [0.4, 0.5) is 18.3 Å². The van der Waals surface area contributed by atoms with Gasteiger partial charge in [-0.05, 0) is 43.9 Å². The number of ether oxygens (including phenoxy) is 2. The van der Waals surface area contributed by atoms with Crippen LogP contribution in [0, 0.1) is 0 Å². The van der Waals surface area contributed by atoms with Crippen molar-refractivity contribution in [3.8, 4) is 28.3 Å². The van der Waals surface area contributed by atoms with Gasteiger partial charge in [0.2, 0.25) is 0 Å². The monoisotopic (exact) mass is 591 g/mol. The lowest BCUT2D eigenvalue weighted by atomic mass is 10.0. The molecule has 210 valence electrons. The highest BCUT2D eigenvalue weighted by molar-refractivity contribution is 7.14. The fourth-order valence-corrected chi connectivity index (χ4v) is 6.38.